The third-order valence-electron chi connectivity index (χ3n) is 6.96. The van der Waals surface area contributed by atoms with Gasteiger partial charge in [-0.3, -0.25) is 14.5 Å². The second kappa shape index (κ2) is 13.1. The maximum atomic E-state index is 14.5. The molecule has 1 unspecified atom stereocenters. The highest BCUT2D eigenvalue weighted by molar-refractivity contribution is 5.91. The summed E-state index contributed by atoms with van der Waals surface area (Å²) in [6.45, 7) is 4.94. The van der Waals surface area contributed by atoms with E-state index in [1.165, 1.54) is 23.5 Å². The van der Waals surface area contributed by atoms with E-state index in [1.54, 1.807) is 19.2 Å². The number of amides is 2. The Labute approximate surface area is 228 Å². The molecule has 11 heteroatoms. The van der Waals surface area contributed by atoms with Gasteiger partial charge in [-0.1, -0.05) is 13.0 Å². The zero-order valence-electron chi connectivity index (χ0n) is 22.6. The van der Waals surface area contributed by atoms with Crippen LogP contribution in [0.25, 0.3) is 0 Å². The van der Waals surface area contributed by atoms with E-state index in [-0.39, 0.29) is 37.0 Å². The molecule has 2 amide bonds. The van der Waals surface area contributed by atoms with Gasteiger partial charge in [-0.2, -0.15) is 0 Å². The highest BCUT2D eigenvalue weighted by Gasteiger charge is 2.30. The van der Waals surface area contributed by atoms with Gasteiger partial charge in [0.2, 0.25) is 11.8 Å². The maximum Gasteiger partial charge on any atom is 0.246 e. The average Bonchev–Trinajstić information content (AvgIpc) is 3.72. The highest BCUT2D eigenvalue weighted by atomic mass is 19.1. The first-order valence-corrected chi connectivity index (χ1v) is 13.6. The van der Waals surface area contributed by atoms with Crippen molar-refractivity contribution in [2.24, 2.45) is 5.73 Å². The fourth-order valence-electron chi connectivity index (χ4n) is 4.40. The summed E-state index contributed by atoms with van der Waals surface area (Å²) in [7, 11) is 1.57. The summed E-state index contributed by atoms with van der Waals surface area (Å²) < 4.78 is 14.5. The third kappa shape index (κ3) is 7.81. The Morgan fingerprint density at radius 1 is 1.31 bits per heavy atom. The zero-order chi connectivity index (χ0) is 27.9. The normalized spacial score (nSPS) is 16.1. The SMILES string of the molecule is CCc1nc(C(N)O)c(Nc2ccc(F)c(CCNC(=O)CN(C)C(=O)/C=C/CN3CCC3)c2)nc1C1CC1. The van der Waals surface area contributed by atoms with Crippen molar-refractivity contribution in [1.29, 1.82) is 0 Å². The number of nitrogens with zero attached hydrogens (tertiary/aromatic N) is 4. The van der Waals surface area contributed by atoms with Crippen molar-refractivity contribution in [2.75, 3.05) is 45.1 Å². The number of aliphatic hydroxyl groups excluding tert-OH is 1. The van der Waals surface area contributed by atoms with E-state index in [1.807, 2.05) is 13.0 Å². The number of carbonyl (C=O) groups excluding carboxylic acids is 2. The van der Waals surface area contributed by atoms with Crippen molar-refractivity contribution in [3.63, 3.8) is 0 Å². The van der Waals surface area contributed by atoms with E-state index in [0.717, 1.165) is 43.9 Å². The summed E-state index contributed by atoms with van der Waals surface area (Å²) in [5, 5.41) is 16.0. The molecule has 5 N–H and O–H groups in total. The number of carbonyl (C=O) groups is 2. The second-order valence-corrected chi connectivity index (χ2v) is 10.1. The van der Waals surface area contributed by atoms with Crippen LogP contribution in [-0.4, -0.2) is 76.5 Å². The quantitative estimate of drug-likeness (QED) is 0.225. The van der Waals surface area contributed by atoms with Crippen molar-refractivity contribution in [1.82, 2.24) is 25.1 Å². The smallest absolute Gasteiger partial charge is 0.246 e. The molecular weight excluding hydrogens is 501 g/mol. The van der Waals surface area contributed by atoms with Gasteiger partial charge < -0.3 is 26.4 Å². The first-order valence-electron chi connectivity index (χ1n) is 13.6. The molecule has 1 aliphatic heterocycles. The predicted octanol–water partition coefficient (Wildman–Crippen LogP) is 2.13. The summed E-state index contributed by atoms with van der Waals surface area (Å²) in [6, 6.07) is 4.55. The number of aliphatic hydroxyl groups is 1. The first kappa shape index (κ1) is 28.6. The molecule has 4 rings (SSSR count). The molecule has 1 saturated heterocycles. The minimum atomic E-state index is -1.31. The molecule has 0 radical (unpaired) electrons. The van der Waals surface area contributed by atoms with Gasteiger partial charge in [0.15, 0.2) is 5.82 Å². The molecule has 2 fully saturated rings. The number of aryl methyl sites for hydroxylation is 1. The fraction of sp³-hybridized carbons (Fsp3) is 0.500. The van der Waals surface area contributed by atoms with Crippen LogP contribution in [0.3, 0.4) is 0 Å². The number of halogens is 1. The number of benzene rings is 1. The Balaban J connectivity index is 1.32. The molecule has 2 heterocycles. The summed E-state index contributed by atoms with van der Waals surface area (Å²) in [4.78, 5) is 37.4. The molecule has 1 atom stereocenters. The molecular formula is C28H38FN7O3. The largest absolute Gasteiger partial charge is 0.373 e. The van der Waals surface area contributed by atoms with Crippen LogP contribution >= 0.6 is 0 Å². The van der Waals surface area contributed by atoms with Crippen LogP contribution in [0.4, 0.5) is 15.9 Å². The lowest BCUT2D eigenvalue weighted by atomic mass is 10.1. The van der Waals surface area contributed by atoms with Crippen molar-refractivity contribution in [3.05, 3.63) is 58.8 Å². The Hall–Kier alpha value is -3.41. The molecule has 39 heavy (non-hydrogen) atoms. The summed E-state index contributed by atoms with van der Waals surface area (Å²) in [5.74, 6) is -0.254. The van der Waals surface area contributed by atoms with Crippen LogP contribution in [-0.2, 0) is 22.4 Å². The molecule has 210 valence electrons. The number of anilines is 2. The van der Waals surface area contributed by atoms with Crippen LogP contribution in [0, 0.1) is 5.82 Å². The molecule has 1 aromatic carbocycles. The number of likely N-dealkylation sites (tertiary alicyclic amines) is 1. The minimum Gasteiger partial charge on any atom is -0.373 e. The first-order chi connectivity index (χ1) is 18.7. The van der Waals surface area contributed by atoms with Gasteiger partial charge in [-0.15, -0.1) is 0 Å². The summed E-state index contributed by atoms with van der Waals surface area (Å²) in [6.07, 6.45) is 6.22. The van der Waals surface area contributed by atoms with Gasteiger partial charge in [-0.25, -0.2) is 14.4 Å². The average molecular weight is 540 g/mol. The highest BCUT2D eigenvalue weighted by Crippen LogP contribution is 2.41. The molecule has 2 aromatic rings. The summed E-state index contributed by atoms with van der Waals surface area (Å²) >= 11 is 0. The lowest BCUT2D eigenvalue weighted by molar-refractivity contribution is -0.131. The van der Waals surface area contributed by atoms with E-state index in [4.69, 9.17) is 10.7 Å². The Morgan fingerprint density at radius 3 is 2.72 bits per heavy atom. The standard InChI is InChI=1S/C28H38FN7O3/c1-3-22-25(18-7-8-18)34-28(26(33-22)27(30)39)32-20-9-10-21(29)19(16-20)11-12-31-23(37)17-35(2)24(38)6-4-13-36-14-5-15-36/h4,6,9-10,16,18,27,39H,3,5,7-8,11-15,17,30H2,1-2H3,(H,31,37)(H,32,34)/b6-4+. The van der Waals surface area contributed by atoms with Crippen molar-refractivity contribution in [2.45, 2.75) is 51.2 Å². The van der Waals surface area contributed by atoms with E-state index in [0.29, 0.717) is 29.4 Å². The Kier molecular flexibility index (Phi) is 9.60. The van der Waals surface area contributed by atoms with Crippen LogP contribution in [0.1, 0.15) is 61.0 Å². The van der Waals surface area contributed by atoms with Crippen molar-refractivity contribution >= 4 is 23.3 Å². The van der Waals surface area contributed by atoms with E-state index in [2.05, 4.69) is 20.5 Å². The topological polar surface area (TPSA) is 137 Å². The number of hydrogen-bond donors (Lipinski definition) is 4. The van der Waals surface area contributed by atoms with E-state index in [9.17, 15) is 19.1 Å². The number of rotatable bonds is 13. The van der Waals surface area contributed by atoms with Crippen LogP contribution in [0.5, 0.6) is 0 Å². The number of nitrogens with two attached hydrogens (primary N) is 1. The summed E-state index contributed by atoms with van der Waals surface area (Å²) in [5.41, 5.74) is 8.70. The number of likely N-dealkylation sites (N-methyl/N-ethyl adjacent to an activating group) is 1. The van der Waals surface area contributed by atoms with Crippen LogP contribution < -0.4 is 16.4 Å². The number of aromatic nitrogens is 2. The number of hydrogen-bond acceptors (Lipinski definition) is 8. The fourth-order valence-corrected chi connectivity index (χ4v) is 4.40. The zero-order valence-corrected chi connectivity index (χ0v) is 22.6. The van der Waals surface area contributed by atoms with E-state index < -0.39 is 12.0 Å². The van der Waals surface area contributed by atoms with Crippen LogP contribution in [0.2, 0.25) is 0 Å². The van der Waals surface area contributed by atoms with Gasteiger partial charge in [-0.05, 0) is 69.0 Å². The van der Waals surface area contributed by atoms with Gasteiger partial charge in [0.05, 0.1) is 17.9 Å². The lowest BCUT2D eigenvalue weighted by Gasteiger charge is -2.29. The van der Waals surface area contributed by atoms with Crippen LogP contribution in [0.15, 0.2) is 30.4 Å². The predicted molar refractivity (Wildman–Crippen MR) is 147 cm³/mol. The van der Waals surface area contributed by atoms with Crippen molar-refractivity contribution < 1.29 is 19.1 Å². The molecule has 1 aromatic heterocycles. The Morgan fingerprint density at radius 2 is 2.08 bits per heavy atom. The second-order valence-electron chi connectivity index (χ2n) is 10.1. The van der Waals surface area contributed by atoms with E-state index >= 15 is 0 Å². The minimum absolute atomic E-state index is 0.0864. The van der Waals surface area contributed by atoms with Crippen molar-refractivity contribution in [3.8, 4) is 0 Å². The Bertz CT molecular complexity index is 1210. The third-order valence-corrected chi connectivity index (χ3v) is 6.96. The van der Waals surface area contributed by atoms with Gasteiger partial charge in [0.25, 0.3) is 0 Å². The molecule has 10 nitrogen and oxygen atoms in total. The van der Waals surface area contributed by atoms with Gasteiger partial charge in [0, 0.05) is 37.8 Å². The molecule has 1 aliphatic carbocycles. The molecule has 0 bridgehead atoms. The van der Waals surface area contributed by atoms with Gasteiger partial charge in [0.1, 0.15) is 17.7 Å². The maximum absolute atomic E-state index is 14.5. The molecule has 1 saturated carbocycles. The molecule has 2 aliphatic rings. The van der Waals surface area contributed by atoms with Gasteiger partial charge >= 0.3 is 0 Å². The molecule has 0 spiro atoms. The number of nitrogens with one attached hydrogen (secondary N) is 2. The lowest BCUT2D eigenvalue weighted by Crippen LogP contribution is -2.39. The monoisotopic (exact) mass is 539 g/mol.